The number of halogens is 1. The van der Waals surface area contributed by atoms with Gasteiger partial charge in [0.1, 0.15) is 5.75 Å². The minimum atomic E-state index is 0.790. The zero-order chi connectivity index (χ0) is 15.6. The maximum Gasteiger partial charge on any atom is 0.127 e. The van der Waals surface area contributed by atoms with Gasteiger partial charge in [-0.05, 0) is 23.8 Å². The van der Waals surface area contributed by atoms with Crippen molar-refractivity contribution >= 4 is 26.8 Å². The first-order valence-electron chi connectivity index (χ1n) is 7.86. The van der Waals surface area contributed by atoms with E-state index in [1.165, 1.54) is 22.0 Å². The topological polar surface area (TPSA) is 39.1 Å². The van der Waals surface area contributed by atoms with Crippen LogP contribution in [0.25, 0.3) is 10.9 Å². The second-order valence-corrected chi connectivity index (χ2v) is 6.67. The van der Waals surface area contributed by atoms with E-state index in [1.54, 1.807) is 0 Å². The van der Waals surface area contributed by atoms with Crippen LogP contribution in [0.4, 0.5) is 0 Å². The third kappa shape index (κ3) is 2.99. The summed E-state index contributed by atoms with van der Waals surface area (Å²) in [6, 6.07) is 12.6. The van der Waals surface area contributed by atoms with Gasteiger partial charge in [0, 0.05) is 34.9 Å². The molecule has 5 heteroatoms. The Kier molecular flexibility index (Phi) is 4.06. The lowest BCUT2D eigenvalue weighted by Gasteiger charge is -2.11. The molecule has 3 aromatic rings. The number of aromatic nitrogens is 2. The molecule has 1 aromatic heterocycles. The van der Waals surface area contributed by atoms with Crippen LogP contribution in [0.1, 0.15) is 11.1 Å². The SMILES string of the molecule is Brc1cc2c(c(CNCCn3ncc4ccccc43)c1)OCC2. The van der Waals surface area contributed by atoms with Crippen molar-refractivity contribution in [3.8, 4) is 5.75 Å². The third-order valence-electron chi connectivity index (χ3n) is 4.19. The Morgan fingerprint density at radius 2 is 2.17 bits per heavy atom. The average Bonchev–Trinajstić information content (AvgIpc) is 3.18. The van der Waals surface area contributed by atoms with Crippen molar-refractivity contribution in [1.29, 1.82) is 0 Å². The number of rotatable bonds is 5. The van der Waals surface area contributed by atoms with Gasteiger partial charge in [-0.25, -0.2) is 0 Å². The Morgan fingerprint density at radius 1 is 1.26 bits per heavy atom. The van der Waals surface area contributed by atoms with Gasteiger partial charge in [0.2, 0.25) is 0 Å². The molecule has 0 saturated heterocycles. The van der Waals surface area contributed by atoms with Gasteiger partial charge in [-0.1, -0.05) is 34.1 Å². The van der Waals surface area contributed by atoms with Crippen LogP contribution >= 0.6 is 15.9 Å². The normalized spacial score (nSPS) is 13.3. The van der Waals surface area contributed by atoms with E-state index in [0.717, 1.165) is 42.9 Å². The van der Waals surface area contributed by atoms with Crippen molar-refractivity contribution in [1.82, 2.24) is 15.1 Å². The van der Waals surface area contributed by atoms with E-state index in [9.17, 15) is 0 Å². The maximum atomic E-state index is 5.77. The standard InChI is InChI=1S/C18H18BrN3O/c19-16-9-13-5-8-23-18(13)15(10-16)11-20-6-7-22-17-4-2-1-3-14(17)12-21-22/h1-4,9-10,12,20H,5-8,11H2. The average molecular weight is 372 g/mol. The van der Waals surface area contributed by atoms with Crippen molar-refractivity contribution in [3.63, 3.8) is 0 Å². The van der Waals surface area contributed by atoms with Crippen molar-refractivity contribution in [2.24, 2.45) is 0 Å². The second kappa shape index (κ2) is 6.34. The van der Waals surface area contributed by atoms with Gasteiger partial charge in [0.25, 0.3) is 0 Å². The molecule has 0 amide bonds. The molecular formula is C18H18BrN3O. The zero-order valence-electron chi connectivity index (χ0n) is 12.8. The van der Waals surface area contributed by atoms with Gasteiger partial charge in [-0.2, -0.15) is 5.10 Å². The molecule has 0 atom stereocenters. The number of nitrogens with zero attached hydrogens (tertiary/aromatic N) is 2. The van der Waals surface area contributed by atoms with E-state index in [4.69, 9.17) is 4.74 Å². The molecule has 1 N–H and O–H groups in total. The summed E-state index contributed by atoms with van der Waals surface area (Å²) in [5, 5.41) is 9.14. The molecule has 0 aliphatic carbocycles. The number of hydrogen-bond donors (Lipinski definition) is 1. The van der Waals surface area contributed by atoms with Crippen LogP contribution in [0.3, 0.4) is 0 Å². The number of ether oxygens (including phenoxy) is 1. The Hall–Kier alpha value is -1.85. The van der Waals surface area contributed by atoms with Gasteiger partial charge in [-0.3, -0.25) is 4.68 Å². The van der Waals surface area contributed by atoms with Crippen molar-refractivity contribution in [3.05, 3.63) is 58.2 Å². The summed E-state index contributed by atoms with van der Waals surface area (Å²) in [6.45, 7) is 3.32. The fourth-order valence-electron chi connectivity index (χ4n) is 3.09. The zero-order valence-corrected chi connectivity index (χ0v) is 14.3. The molecule has 1 aliphatic heterocycles. The Bertz CT molecular complexity index is 843. The van der Waals surface area contributed by atoms with E-state index in [0.29, 0.717) is 0 Å². The van der Waals surface area contributed by atoms with Crippen molar-refractivity contribution < 1.29 is 4.74 Å². The summed E-state index contributed by atoms with van der Waals surface area (Å²) in [7, 11) is 0. The van der Waals surface area contributed by atoms with Crippen LogP contribution in [0.15, 0.2) is 47.1 Å². The summed E-state index contributed by atoms with van der Waals surface area (Å²) in [5.41, 5.74) is 3.70. The van der Waals surface area contributed by atoms with Gasteiger partial charge >= 0.3 is 0 Å². The predicted molar refractivity (Wildman–Crippen MR) is 94.8 cm³/mol. The molecule has 2 aromatic carbocycles. The Balaban J connectivity index is 1.39. The first-order chi connectivity index (χ1) is 11.3. The minimum absolute atomic E-state index is 0.790. The number of hydrogen-bond acceptors (Lipinski definition) is 3. The molecule has 0 fully saturated rings. The van der Waals surface area contributed by atoms with Crippen LogP contribution in [-0.2, 0) is 19.5 Å². The summed E-state index contributed by atoms with van der Waals surface area (Å²) < 4.78 is 8.93. The van der Waals surface area contributed by atoms with E-state index in [-0.39, 0.29) is 0 Å². The van der Waals surface area contributed by atoms with Gasteiger partial charge in [-0.15, -0.1) is 0 Å². The van der Waals surface area contributed by atoms with E-state index >= 15 is 0 Å². The summed E-state index contributed by atoms with van der Waals surface area (Å²) in [4.78, 5) is 0. The molecule has 0 bridgehead atoms. The Morgan fingerprint density at radius 3 is 3.13 bits per heavy atom. The lowest BCUT2D eigenvalue weighted by atomic mass is 10.1. The lowest BCUT2D eigenvalue weighted by Crippen LogP contribution is -2.20. The first kappa shape index (κ1) is 14.7. The molecule has 118 valence electrons. The summed E-state index contributed by atoms with van der Waals surface area (Å²) >= 11 is 3.59. The quantitative estimate of drug-likeness (QED) is 0.697. The van der Waals surface area contributed by atoms with Crippen LogP contribution < -0.4 is 10.1 Å². The third-order valence-corrected chi connectivity index (χ3v) is 4.65. The van der Waals surface area contributed by atoms with E-state index in [2.05, 4.69) is 56.7 Å². The number of benzene rings is 2. The number of fused-ring (bicyclic) bond motifs is 2. The smallest absolute Gasteiger partial charge is 0.127 e. The summed E-state index contributed by atoms with van der Waals surface area (Å²) in [5.74, 6) is 1.06. The highest BCUT2D eigenvalue weighted by Gasteiger charge is 2.17. The van der Waals surface area contributed by atoms with Crippen LogP contribution in [-0.4, -0.2) is 22.9 Å². The van der Waals surface area contributed by atoms with Crippen LogP contribution in [0.5, 0.6) is 5.75 Å². The molecule has 0 radical (unpaired) electrons. The molecule has 2 heterocycles. The van der Waals surface area contributed by atoms with E-state index in [1.807, 2.05) is 16.9 Å². The fourth-order valence-corrected chi connectivity index (χ4v) is 3.64. The molecule has 0 unspecified atom stereocenters. The van der Waals surface area contributed by atoms with Gasteiger partial charge < -0.3 is 10.1 Å². The van der Waals surface area contributed by atoms with Gasteiger partial charge in [0.15, 0.2) is 0 Å². The Labute approximate surface area is 143 Å². The highest BCUT2D eigenvalue weighted by molar-refractivity contribution is 9.10. The predicted octanol–water partition coefficient (Wildman–Crippen LogP) is 3.52. The molecule has 4 rings (SSSR count). The van der Waals surface area contributed by atoms with Crippen molar-refractivity contribution in [2.45, 2.75) is 19.5 Å². The largest absolute Gasteiger partial charge is 0.493 e. The highest BCUT2D eigenvalue weighted by Crippen LogP contribution is 2.32. The first-order valence-corrected chi connectivity index (χ1v) is 8.66. The number of para-hydroxylation sites is 1. The van der Waals surface area contributed by atoms with E-state index < -0.39 is 0 Å². The second-order valence-electron chi connectivity index (χ2n) is 5.75. The van der Waals surface area contributed by atoms with Crippen LogP contribution in [0.2, 0.25) is 0 Å². The fraction of sp³-hybridized carbons (Fsp3) is 0.278. The summed E-state index contributed by atoms with van der Waals surface area (Å²) in [6.07, 6.45) is 2.92. The van der Waals surface area contributed by atoms with Crippen LogP contribution in [0, 0.1) is 0 Å². The van der Waals surface area contributed by atoms with Gasteiger partial charge in [0.05, 0.1) is 24.9 Å². The molecule has 1 aliphatic rings. The lowest BCUT2D eigenvalue weighted by molar-refractivity contribution is 0.352. The molecule has 0 saturated carbocycles. The molecular weight excluding hydrogens is 354 g/mol. The molecule has 0 spiro atoms. The number of nitrogens with one attached hydrogen (secondary N) is 1. The molecule has 4 nitrogen and oxygen atoms in total. The monoisotopic (exact) mass is 371 g/mol. The minimum Gasteiger partial charge on any atom is -0.493 e. The maximum absolute atomic E-state index is 5.77. The van der Waals surface area contributed by atoms with Crippen molar-refractivity contribution in [2.75, 3.05) is 13.2 Å². The molecule has 23 heavy (non-hydrogen) atoms. The highest BCUT2D eigenvalue weighted by atomic mass is 79.9.